The number of aromatic nitrogens is 1. The summed E-state index contributed by atoms with van der Waals surface area (Å²) in [6.45, 7) is -0.786. The van der Waals surface area contributed by atoms with Gasteiger partial charge in [0.2, 0.25) is 11.8 Å². The average molecular weight is 315 g/mol. The molecular weight excluding hydrogens is 304 g/mol. The molecule has 1 rings (SSSR count). The Labute approximate surface area is 111 Å². The summed E-state index contributed by atoms with van der Waals surface area (Å²) in [7, 11) is 0. The maximum atomic E-state index is 12.0. The Morgan fingerprint density at radius 3 is 2.17 bits per heavy atom. The number of rotatable bonds is 5. The van der Waals surface area contributed by atoms with Gasteiger partial charge >= 0.3 is 0 Å². The van der Waals surface area contributed by atoms with Crippen LogP contribution in [0.2, 0.25) is 0 Å². The summed E-state index contributed by atoms with van der Waals surface area (Å²) in [5.74, 6) is -2.06. The number of hydrogen-bond donors (Lipinski definition) is 2. The molecule has 0 aliphatic carbocycles. The highest BCUT2D eigenvalue weighted by molar-refractivity contribution is 9.10. The van der Waals surface area contributed by atoms with Gasteiger partial charge in [-0.05, 0) is 28.1 Å². The van der Waals surface area contributed by atoms with Crippen LogP contribution in [-0.4, -0.2) is 40.7 Å². The van der Waals surface area contributed by atoms with Gasteiger partial charge in [0.1, 0.15) is 23.4 Å². The van der Waals surface area contributed by atoms with E-state index in [1.165, 1.54) is 6.07 Å². The molecule has 96 valence electrons. The smallest absolute Gasteiger partial charge is 0.273 e. The van der Waals surface area contributed by atoms with Gasteiger partial charge in [0.15, 0.2) is 0 Å². The molecule has 0 bridgehead atoms. The lowest BCUT2D eigenvalue weighted by Crippen LogP contribution is -2.43. The van der Waals surface area contributed by atoms with Crippen LogP contribution in [0.3, 0.4) is 0 Å². The molecule has 1 aromatic rings. The number of carbonyl (C=O) groups is 3. The Hall–Kier alpha value is -1.96. The third-order valence-electron chi connectivity index (χ3n) is 1.91. The van der Waals surface area contributed by atoms with E-state index in [1.54, 1.807) is 12.1 Å². The molecule has 0 aromatic carbocycles. The predicted molar refractivity (Wildman–Crippen MR) is 66.2 cm³/mol. The summed E-state index contributed by atoms with van der Waals surface area (Å²) in [4.78, 5) is 38.5. The van der Waals surface area contributed by atoms with E-state index < -0.39 is 30.8 Å². The first-order valence-corrected chi connectivity index (χ1v) is 5.68. The van der Waals surface area contributed by atoms with Crippen LogP contribution in [-0.2, 0) is 9.59 Å². The number of nitrogens with two attached hydrogens (primary N) is 2. The third-order valence-corrected chi connectivity index (χ3v) is 2.36. The number of primary amides is 2. The van der Waals surface area contributed by atoms with Gasteiger partial charge in [0.05, 0.1) is 0 Å². The molecule has 0 saturated carbocycles. The highest BCUT2D eigenvalue weighted by Gasteiger charge is 2.20. The summed E-state index contributed by atoms with van der Waals surface area (Å²) in [6.07, 6.45) is 0. The summed E-state index contributed by atoms with van der Waals surface area (Å²) < 4.78 is 0.464. The fourth-order valence-corrected chi connectivity index (χ4v) is 1.61. The van der Waals surface area contributed by atoms with Crippen LogP contribution in [0, 0.1) is 0 Å². The summed E-state index contributed by atoms with van der Waals surface area (Å²) in [5, 5.41) is 0. The zero-order valence-corrected chi connectivity index (χ0v) is 10.9. The molecule has 0 atom stereocenters. The van der Waals surface area contributed by atoms with E-state index in [1.807, 2.05) is 0 Å². The number of amides is 3. The zero-order valence-electron chi connectivity index (χ0n) is 9.30. The molecule has 0 aliphatic rings. The molecular formula is C10H11BrN4O3. The van der Waals surface area contributed by atoms with Crippen molar-refractivity contribution >= 4 is 33.7 Å². The molecule has 7 nitrogen and oxygen atoms in total. The molecule has 4 N–H and O–H groups in total. The monoisotopic (exact) mass is 314 g/mol. The number of carbonyl (C=O) groups excluding carboxylic acids is 3. The van der Waals surface area contributed by atoms with Gasteiger partial charge in [-0.25, -0.2) is 4.98 Å². The van der Waals surface area contributed by atoms with Crippen molar-refractivity contribution in [2.24, 2.45) is 11.5 Å². The van der Waals surface area contributed by atoms with Crippen LogP contribution >= 0.6 is 15.9 Å². The van der Waals surface area contributed by atoms with Crippen LogP contribution < -0.4 is 11.5 Å². The SMILES string of the molecule is NC(=O)CN(CC(N)=O)C(=O)c1cccc(Br)n1. The van der Waals surface area contributed by atoms with Gasteiger partial charge in [0, 0.05) is 0 Å². The molecule has 8 heteroatoms. The first-order chi connectivity index (χ1) is 8.40. The highest BCUT2D eigenvalue weighted by Crippen LogP contribution is 2.08. The van der Waals surface area contributed by atoms with E-state index in [9.17, 15) is 14.4 Å². The fraction of sp³-hybridized carbons (Fsp3) is 0.200. The lowest BCUT2D eigenvalue weighted by molar-refractivity contribution is -0.121. The Balaban J connectivity index is 2.94. The Bertz CT molecular complexity index is 476. The van der Waals surface area contributed by atoms with Crippen molar-refractivity contribution in [1.82, 2.24) is 9.88 Å². The zero-order chi connectivity index (χ0) is 13.7. The minimum Gasteiger partial charge on any atom is -0.368 e. The molecule has 1 heterocycles. The normalized spacial score (nSPS) is 9.83. The largest absolute Gasteiger partial charge is 0.368 e. The Morgan fingerprint density at radius 1 is 1.17 bits per heavy atom. The minimum atomic E-state index is -0.736. The van der Waals surface area contributed by atoms with E-state index in [0.717, 1.165) is 4.90 Å². The van der Waals surface area contributed by atoms with Gasteiger partial charge < -0.3 is 16.4 Å². The van der Waals surface area contributed by atoms with Gasteiger partial charge in [-0.3, -0.25) is 14.4 Å². The second kappa shape index (κ2) is 6.10. The lowest BCUT2D eigenvalue weighted by Gasteiger charge is -2.18. The van der Waals surface area contributed by atoms with Crippen molar-refractivity contribution in [3.05, 3.63) is 28.5 Å². The van der Waals surface area contributed by atoms with E-state index in [-0.39, 0.29) is 5.69 Å². The quantitative estimate of drug-likeness (QED) is 0.695. The van der Waals surface area contributed by atoms with Crippen LogP contribution in [0.15, 0.2) is 22.8 Å². The molecule has 0 fully saturated rings. The third kappa shape index (κ3) is 4.13. The van der Waals surface area contributed by atoms with Crippen molar-refractivity contribution in [2.45, 2.75) is 0 Å². The molecule has 18 heavy (non-hydrogen) atoms. The number of halogens is 1. The molecule has 0 saturated heterocycles. The van der Waals surface area contributed by atoms with Crippen molar-refractivity contribution in [3.63, 3.8) is 0 Å². The first-order valence-electron chi connectivity index (χ1n) is 4.88. The summed E-state index contributed by atoms with van der Waals surface area (Å²) >= 11 is 3.12. The number of hydrogen-bond acceptors (Lipinski definition) is 4. The Morgan fingerprint density at radius 2 is 1.72 bits per heavy atom. The molecule has 0 spiro atoms. The van der Waals surface area contributed by atoms with E-state index >= 15 is 0 Å². The topological polar surface area (TPSA) is 119 Å². The van der Waals surface area contributed by atoms with Crippen molar-refractivity contribution in [2.75, 3.05) is 13.1 Å². The van der Waals surface area contributed by atoms with Crippen LogP contribution in [0.1, 0.15) is 10.5 Å². The Kier molecular flexibility index (Phi) is 4.78. The maximum Gasteiger partial charge on any atom is 0.273 e. The van der Waals surface area contributed by atoms with E-state index in [2.05, 4.69) is 20.9 Å². The fourth-order valence-electron chi connectivity index (χ4n) is 1.27. The van der Waals surface area contributed by atoms with Crippen LogP contribution in [0.25, 0.3) is 0 Å². The van der Waals surface area contributed by atoms with E-state index in [0.29, 0.717) is 4.60 Å². The second-order valence-electron chi connectivity index (χ2n) is 3.44. The molecule has 0 aliphatic heterocycles. The van der Waals surface area contributed by atoms with Gasteiger partial charge in [-0.1, -0.05) is 6.07 Å². The van der Waals surface area contributed by atoms with Gasteiger partial charge in [-0.15, -0.1) is 0 Å². The van der Waals surface area contributed by atoms with Crippen LogP contribution in [0.5, 0.6) is 0 Å². The van der Waals surface area contributed by atoms with Gasteiger partial charge in [-0.2, -0.15) is 0 Å². The second-order valence-corrected chi connectivity index (χ2v) is 4.25. The summed E-state index contributed by atoms with van der Waals surface area (Å²) in [5.41, 5.74) is 10.1. The summed E-state index contributed by atoms with van der Waals surface area (Å²) in [6, 6.07) is 4.71. The first kappa shape index (κ1) is 14.1. The molecule has 3 amide bonds. The highest BCUT2D eigenvalue weighted by atomic mass is 79.9. The molecule has 0 radical (unpaired) electrons. The number of pyridine rings is 1. The molecule has 1 aromatic heterocycles. The average Bonchev–Trinajstić information content (AvgIpc) is 2.26. The van der Waals surface area contributed by atoms with Crippen LogP contribution in [0.4, 0.5) is 0 Å². The predicted octanol–water partition coefficient (Wildman–Crippen LogP) is -0.743. The van der Waals surface area contributed by atoms with Crippen molar-refractivity contribution in [1.29, 1.82) is 0 Å². The van der Waals surface area contributed by atoms with Crippen molar-refractivity contribution < 1.29 is 14.4 Å². The lowest BCUT2D eigenvalue weighted by atomic mass is 10.3. The minimum absolute atomic E-state index is 0.0897. The van der Waals surface area contributed by atoms with Gasteiger partial charge in [0.25, 0.3) is 5.91 Å². The van der Waals surface area contributed by atoms with E-state index in [4.69, 9.17) is 11.5 Å². The maximum absolute atomic E-state index is 12.0. The number of nitrogens with zero attached hydrogens (tertiary/aromatic N) is 2. The van der Waals surface area contributed by atoms with Crippen molar-refractivity contribution in [3.8, 4) is 0 Å². The standard InChI is InChI=1S/C10H11BrN4O3/c11-7-3-1-2-6(14-7)10(18)15(4-8(12)16)5-9(13)17/h1-3H,4-5H2,(H2,12,16)(H2,13,17). The molecule has 0 unspecified atom stereocenters.